The van der Waals surface area contributed by atoms with Crippen LogP contribution in [0.3, 0.4) is 0 Å². The highest BCUT2D eigenvalue weighted by Gasteiger charge is 2.70. The molecule has 0 aromatic heterocycles. The second-order valence-corrected chi connectivity index (χ2v) is 18.8. The van der Waals surface area contributed by atoms with E-state index in [0.29, 0.717) is 24.2 Å². The summed E-state index contributed by atoms with van der Waals surface area (Å²) in [6, 6.07) is 0. The summed E-state index contributed by atoms with van der Waals surface area (Å²) in [5, 5.41) is 33.2. The first-order valence-electron chi connectivity index (χ1n) is 19.6. The standard InChI is InChI=1S/C39H62O9/c1-20(8-12-32(42)43)25-10-11-28-33-29(19-31(41)38(25,28)6)36(4)15-13-24(17-23(36)18-30(33)40)44-34-22(3)27-9-7-21(2)26-14-16-37(5)46-35(45-34)39(26,27)48-47-37/h20-31,33-35,40-41H,7-19H2,1-6H3,(H,42,43)/t20-,21-,22-,23+,24-,25-,26+,27+,28+,29+,30-,31+,33+,34+,35-,36+,37+,38-,39-/m1/s1. The minimum absolute atomic E-state index is 0.0399. The molecule has 9 rings (SSSR count). The first kappa shape index (κ1) is 34.3. The quantitative estimate of drug-likeness (QED) is 0.209. The van der Waals surface area contributed by atoms with Gasteiger partial charge in [-0.25, -0.2) is 9.78 Å². The monoisotopic (exact) mass is 674 g/mol. The molecule has 0 unspecified atom stereocenters. The first-order chi connectivity index (χ1) is 22.7. The van der Waals surface area contributed by atoms with E-state index in [4.69, 9.17) is 24.0 Å². The Bertz CT molecular complexity index is 1250. The molecule has 9 aliphatic rings. The summed E-state index contributed by atoms with van der Waals surface area (Å²) in [7, 11) is 0. The van der Waals surface area contributed by atoms with E-state index in [9.17, 15) is 20.1 Å². The van der Waals surface area contributed by atoms with Gasteiger partial charge >= 0.3 is 5.97 Å². The smallest absolute Gasteiger partial charge is 0.303 e. The summed E-state index contributed by atoms with van der Waals surface area (Å²) in [5.41, 5.74) is -0.834. The molecule has 4 aliphatic heterocycles. The van der Waals surface area contributed by atoms with Crippen molar-refractivity contribution in [2.45, 2.75) is 167 Å². The minimum Gasteiger partial charge on any atom is -0.481 e. The molecular weight excluding hydrogens is 612 g/mol. The van der Waals surface area contributed by atoms with Crippen LogP contribution in [0.15, 0.2) is 0 Å². The number of aliphatic hydroxyl groups excluding tert-OH is 2. The lowest BCUT2D eigenvalue weighted by Crippen LogP contribution is -2.70. The highest BCUT2D eigenvalue weighted by Crippen LogP contribution is 2.69. The van der Waals surface area contributed by atoms with Crippen molar-refractivity contribution in [3.8, 4) is 0 Å². The van der Waals surface area contributed by atoms with Gasteiger partial charge in [0.25, 0.3) is 0 Å². The predicted molar refractivity (Wildman–Crippen MR) is 176 cm³/mol. The first-order valence-corrected chi connectivity index (χ1v) is 19.6. The van der Waals surface area contributed by atoms with E-state index in [-0.39, 0.29) is 71.1 Å². The van der Waals surface area contributed by atoms with Gasteiger partial charge in [0.1, 0.15) is 0 Å². The molecule has 2 bridgehead atoms. The van der Waals surface area contributed by atoms with Crippen LogP contribution in [0.25, 0.3) is 0 Å². The second kappa shape index (κ2) is 11.9. The number of carboxylic acids is 1. The Morgan fingerprint density at radius 3 is 2.44 bits per heavy atom. The average molecular weight is 675 g/mol. The van der Waals surface area contributed by atoms with E-state index >= 15 is 0 Å². The third-order valence-electron chi connectivity index (χ3n) is 16.7. The number of ether oxygens (including phenoxy) is 3. The molecule has 19 atom stereocenters. The van der Waals surface area contributed by atoms with Crippen molar-refractivity contribution in [1.29, 1.82) is 0 Å². The van der Waals surface area contributed by atoms with Gasteiger partial charge in [0.2, 0.25) is 5.79 Å². The summed E-state index contributed by atoms with van der Waals surface area (Å²) in [5.74, 6) is 1.23. The summed E-state index contributed by atoms with van der Waals surface area (Å²) in [4.78, 5) is 23.7. The Morgan fingerprint density at radius 2 is 1.67 bits per heavy atom. The number of aliphatic hydroxyl groups is 2. The van der Waals surface area contributed by atoms with Crippen molar-refractivity contribution >= 4 is 5.97 Å². The van der Waals surface area contributed by atoms with E-state index in [1.54, 1.807) is 0 Å². The molecule has 0 aromatic carbocycles. The van der Waals surface area contributed by atoms with Gasteiger partial charge in [-0.15, -0.1) is 0 Å². The van der Waals surface area contributed by atoms with E-state index in [1.165, 1.54) is 6.42 Å². The van der Waals surface area contributed by atoms with Crippen LogP contribution in [0.2, 0.25) is 0 Å². The molecule has 272 valence electrons. The lowest BCUT2D eigenvalue weighted by molar-refractivity contribution is -0.578. The maximum absolute atomic E-state index is 12.0. The van der Waals surface area contributed by atoms with Gasteiger partial charge in [-0.3, -0.25) is 4.79 Å². The molecule has 3 N–H and O–H groups in total. The Balaban J connectivity index is 0.975. The number of fused-ring (bicyclic) bond motifs is 7. The normalized spacial score (nSPS) is 57.8. The average Bonchev–Trinajstić information content (AvgIpc) is 3.24. The van der Waals surface area contributed by atoms with E-state index in [0.717, 1.165) is 64.2 Å². The Morgan fingerprint density at radius 1 is 0.896 bits per heavy atom. The fraction of sp³-hybridized carbons (Fsp3) is 0.974. The minimum atomic E-state index is -0.805. The van der Waals surface area contributed by atoms with Gasteiger partial charge in [-0.1, -0.05) is 34.6 Å². The molecule has 9 fully saturated rings. The molecule has 0 aromatic rings. The molecule has 9 nitrogen and oxygen atoms in total. The number of hydrogen-bond donors (Lipinski definition) is 3. The largest absolute Gasteiger partial charge is 0.481 e. The summed E-state index contributed by atoms with van der Waals surface area (Å²) < 4.78 is 20.4. The Labute approximate surface area is 287 Å². The number of hydrogen-bond acceptors (Lipinski definition) is 8. The van der Waals surface area contributed by atoms with Gasteiger partial charge in [0.15, 0.2) is 18.2 Å². The molecule has 5 saturated carbocycles. The third-order valence-corrected chi connectivity index (χ3v) is 16.7. The number of rotatable bonds is 6. The van der Waals surface area contributed by atoms with E-state index < -0.39 is 35.9 Å². The molecule has 0 amide bonds. The fourth-order valence-corrected chi connectivity index (χ4v) is 14.0. The zero-order valence-corrected chi connectivity index (χ0v) is 30.1. The molecule has 4 saturated heterocycles. The molecule has 48 heavy (non-hydrogen) atoms. The number of carboxylic acid groups (broad SMARTS) is 1. The Kier molecular flexibility index (Phi) is 8.47. The molecule has 9 heteroatoms. The molecular formula is C39H62O9. The summed E-state index contributed by atoms with van der Waals surface area (Å²) in [6.45, 7) is 13.4. The lowest BCUT2D eigenvalue weighted by Gasteiger charge is -2.64. The van der Waals surface area contributed by atoms with Crippen molar-refractivity contribution in [2.24, 2.45) is 70.0 Å². The van der Waals surface area contributed by atoms with Crippen LogP contribution in [-0.2, 0) is 28.8 Å². The van der Waals surface area contributed by atoms with Crippen molar-refractivity contribution in [3.05, 3.63) is 0 Å². The van der Waals surface area contributed by atoms with Gasteiger partial charge in [0, 0.05) is 24.7 Å². The van der Waals surface area contributed by atoms with Gasteiger partial charge in [-0.2, -0.15) is 0 Å². The van der Waals surface area contributed by atoms with Gasteiger partial charge in [-0.05, 0) is 136 Å². The topological polar surface area (TPSA) is 124 Å². The highest BCUT2D eigenvalue weighted by molar-refractivity contribution is 5.66. The fourth-order valence-electron chi connectivity index (χ4n) is 14.0. The van der Waals surface area contributed by atoms with Crippen LogP contribution in [0.4, 0.5) is 0 Å². The lowest BCUT2D eigenvalue weighted by atomic mass is 9.43. The summed E-state index contributed by atoms with van der Waals surface area (Å²) >= 11 is 0. The molecule has 4 heterocycles. The van der Waals surface area contributed by atoms with Crippen LogP contribution < -0.4 is 0 Å². The molecule has 1 spiro atoms. The SMILES string of the molecule is C[C@H]1[C@@H](O[C@@H]2CC[C@@]3(C)[C@@H](C2)C[C@@H](O)[C@@H]2[C@@H]3C[C@H](O)[C@]3(C)[C@@H]([C@H](C)CCC(=O)O)CC[C@@H]23)O[C@@H]2O[C@]3(C)CC[C@H]4[C@H](C)CC[C@@H]1[C@@]24OO3. The van der Waals surface area contributed by atoms with Crippen LogP contribution >= 0.6 is 0 Å². The summed E-state index contributed by atoms with van der Waals surface area (Å²) in [6.07, 6.45) is 9.56. The van der Waals surface area contributed by atoms with Crippen LogP contribution in [-0.4, -0.2) is 63.6 Å². The molecule has 5 aliphatic carbocycles. The zero-order chi connectivity index (χ0) is 34.0. The van der Waals surface area contributed by atoms with E-state index in [1.807, 2.05) is 6.92 Å². The van der Waals surface area contributed by atoms with Crippen LogP contribution in [0, 0.1) is 70.0 Å². The van der Waals surface area contributed by atoms with Crippen LogP contribution in [0.5, 0.6) is 0 Å². The predicted octanol–water partition coefficient (Wildman–Crippen LogP) is 6.68. The molecule has 0 radical (unpaired) electrons. The van der Waals surface area contributed by atoms with Gasteiger partial charge < -0.3 is 29.5 Å². The van der Waals surface area contributed by atoms with Crippen LogP contribution in [0.1, 0.15) is 125 Å². The highest BCUT2D eigenvalue weighted by atomic mass is 17.3. The third kappa shape index (κ3) is 4.90. The Hall–Kier alpha value is -0.810. The second-order valence-electron chi connectivity index (χ2n) is 18.8. The maximum Gasteiger partial charge on any atom is 0.303 e. The van der Waals surface area contributed by atoms with Gasteiger partial charge in [0.05, 0.1) is 18.3 Å². The van der Waals surface area contributed by atoms with Crippen molar-refractivity contribution in [3.63, 3.8) is 0 Å². The number of aliphatic carboxylic acids is 1. The van der Waals surface area contributed by atoms with Crippen molar-refractivity contribution in [2.75, 3.05) is 0 Å². The van der Waals surface area contributed by atoms with Crippen molar-refractivity contribution in [1.82, 2.24) is 0 Å². The maximum atomic E-state index is 12.0. The van der Waals surface area contributed by atoms with Crippen molar-refractivity contribution < 1.29 is 44.1 Å². The van der Waals surface area contributed by atoms with E-state index in [2.05, 4.69) is 34.6 Å². The zero-order valence-electron chi connectivity index (χ0n) is 30.1. The number of carbonyl (C=O) groups is 1.